The topological polar surface area (TPSA) is 54.9 Å². The number of hydrogen-bond donors (Lipinski definition) is 1. The molecule has 58 valence electrons. The van der Waals surface area contributed by atoms with Gasteiger partial charge in [0, 0.05) is 18.5 Å². The predicted molar refractivity (Wildman–Crippen MR) is 37.8 cm³/mol. The fourth-order valence-corrected chi connectivity index (χ4v) is 0.632. The summed E-state index contributed by atoms with van der Waals surface area (Å²) in [5.41, 5.74) is -1.23. The van der Waals surface area contributed by atoms with Crippen LogP contribution in [0.15, 0.2) is 28.2 Å². The van der Waals surface area contributed by atoms with E-state index in [1.54, 1.807) is 0 Å². The van der Waals surface area contributed by atoms with Gasteiger partial charge in [0.15, 0.2) is 0 Å². The summed E-state index contributed by atoms with van der Waals surface area (Å²) < 4.78 is 12.2. The van der Waals surface area contributed by atoms with Crippen LogP contribution in [-0.2, 0) is 0 Å². The van der Waals surface area contributed by atoms with Crippen molar-refractivity contribution in [3.63, 3.8) is 0 Å². The van der Waals surface area contributed by atoms with Crippen LogP contribution >= 0.6 is 0 Å². The Hall–Kier alpha value is -1.65. The van der Waals surface area contributed by atoms with E-state index < -0.39 is 11.2 Å². The minimum absolute atomic E-state index is 0.122. The molecule has 0 saturated carbocycles. The first kappa shape index (κ1) is 7.46. The van der Waals surface area contributed by atoms with E-state index in [0.717, 1.165) is 12.3 Å². The molecule has 1 aromatic rings. The van der Waals surface area contributed by atoms with Crippen molar-refractivity contribution in [3.8, 4) is 0 Å². The van der Waals surface area contributed by atoms with Gasteiger partial charge in [-0.05, 0) is 0 Å². The number of nitrogens with zero attached hydrogens (tertiary/aromatic N) is 1. The first-order valence-electron chi connectivity index (χ1n) is 2.83. The fourth-order valence-electron chi connectivity index (χ4n) is 0.632. The summed E-state index contributed by atoms with van der Waals surface area (Å²) in [6.45, 7) is 0. The Labute approximate surface area is 60.6 Å². The molecule has 0 atom stereocenters. The third kappa shape index (κ3) is 1.43. The number of H-pyrrole nitrogens is 1. The summed E-state index contributed by atoms with van der Waals surface area (Å²) in [6, 6.07) is 1.13. The summed E-state index contributed by atoms with van der Waals surface area (Å²) in [4.78, 5) is 23.7. The van der Waals surface area contributed by atoms with Gasteiger partial charge in [-0.15, -0.1) is 0 Å². The van der Waals surface area contributed by atoms with Gasteiger partial charge in [-0.3, -0.25) is 4.79 Å². The minimum Gasteiger partial charge on any atom is -0.314 e. The lowest BCUT2D eigenvalue weighted by atomic mass is 10.6. The van der Waals surface area contributed by atoms with Crippen molar-refractivity contribution in [1.29, 1.82) is 0 Å². The summed E-state index contributed by atoms with van der Waals surface area (Å²) in [6.07, 6.45) is 2.07. The SMILES string of the molecule is O=c1cc[nH]c(=O)n1C=CF. The van der Waals surface area contributed by atoms with E-state index in [-0.39, 0.29) is 6.33 Å². The molecule has 1 N–H and O–H groups in total. The van der Waals surface area contributed by atoms with Gasteiger partial charge >= 0.3 is 5.69 Å². The molecule has 4 nitrogen and oxygen atoms in total. The van der Waals surface area contributed by atoms with Crippen molar-refractivity contribution in [2.75, 3.05) is 0 Å². The zero-order valence-corrected chi connectivity index (χ0v) is 5.45. The second-order valence-electron chi connectivity index (χ2n) is 1.77. The molecule has 11 heavy (non-hydrogen) atoms. The van der Waals surface area contributed by atoms with Gasteiger partial charge < -0.3 is 4.98 Å². The zero-order valence-electron chi connectivity index (χ0n) is 5.45. The van der Waals surface area contributed by atoms with Gasteiger partial charge in [0.05, 0.1) is 0 Å². The Balaban J connectivity index is 3.45. The second-order valence-corrected chi connectivity index (χ2v) is 1.77. The Morgan fingerprint density at radius 3 is 2.82 bits per heavy atom. The normalized spacial score (nSPS) is 10.6. The van der Waals surface area contributed by atoms with Crippen LogP contribution in [0.1, 0.15) is 0 Å². The van der Waals surface area contributed by atoms with Gasteiger partial charge in [-0.1, -0.05) is 0 Å². The highest BCUT2D eigenvalue weighted by atomic mass is 19.1. The van der Waals surface area contributed by atoms with Gasteiger partial charge in [0.2, 0.25) is 0 Å². The quantitative estimate of drug-likeness (QED) is 0.619. The molecule has 0 aliphatic rings. The van der Waals surface area contributed by atoms with Crippen LogP contribution in [0.2, 0.25) is 0 Å². The van der Waals surface area contributed by atoms with Crippen LogP contribution in [0.25, 0.3) is 6.20 Å². The first-order chi connectivity index (χ1) is 5.25. The molecule has 0 aliphatic carbocycles. The number of aromatic nitrogens is 2. The average Bonchev–Trinajstić information content (AvgIpc) is 1.97. The fraction of sp³-hybridized carbons (Fsp3) is 0. The second kappa shape index (κ2) is 2.96. The van der Waals surface area contributed by atoms with E-state index in [1.807, 2.05) is 0 Å². The van der Waals surface area contributed by atoms with Crippen LogP contribution in [-0.4, -0.2) is 9.55 Å². The molecule has 0 unspecified atom stereocenters. The number of rotatable bonds is 1. The highest BCUT2D eigenvalue weighted by molar-refractivity contribution is 5.17. The lowest BCUT2D eigenvalue weighted by Gasteiger charge is -1.91. The van der Waals surface area contributed by atoms with E-state index in [4.69, 9.17) is 0 Å². The van der Waals surface area contributed by atoms with E-state index in [0.29, 0.717) is 4.57 Å². The summed E-state index contributed by atoms with van der Waals surface area (Å²) in [5.74, 6) is 0. The maximum atomic E-state index is 11.5. The van der Waals surface area contributed by atoms with Crippen LogP contribution in [0.5, 0.6) is 0 Å². The lowest BCUT2D eigenvalue weighted by Crippen LogP contribution is -2.29. The third-order valence-electron chi connectivity index (χ3n) is 1.09. The molecular formula is C6H5FN2O2. The maximum Gasteiger partial charge on any atom is 0.332 e. The minimum atomic E-state index is -0.661. The predicted octanol–water partition coefficient (Wildman–Crippen LogP) is -0.0657. The molecule has 0 radical (unpaired) electrons. The molecule has 1 aromatic heterocycles. The number of halogens is 1. The van der Waals surface area contributed by atoms with E-state index in [2.05, 4.69) is 4.98 Å². The Kier molecular flexibility index (Phi) is 2.00. The highest BCUT2D eigenvalue weighted by Crippen LogP contribution is 1.74. The Morgan fingerprint density at radius 1 is 1.55 bits per heavy atom. The molecule has 0 amide bonds. The van der Waals surface area contributed by atoms with Gasteiger partial charge in [-0.2, -0.15) is 0 Å². The zero-order chi connectivity index (χ0) is 8.27. The van der Waals surface area contributed by atoms with Crippen molar-refractivity contribution in [2.45, 2.75) is 0 Å². The first-order valence-corrected chi connectivity index (χ1v) is 2.83. The lowest BCUT2D eigenvalue weighted by molar-refractivity contribution is 0.718. The standard InChI is InChI=1S/C6H5FN2O2/c7-2-4-9-5(10)1-3-8-6(9)11/h1-4H,(H,8,11). The number of hydrogen-bond acceptors (Lipinski definition) is 2. The van der Waals surface area contributed by atoms with Crippen LogP contribution in [0.4, 0.5) is 4.39 Å². The van der Waals surface area contributed by atoms with Crippen molar-refractivity contribution >= 4 is 6.20 Å². The van der Waals surface area contributed by atoms with Crippen molar-refractivity contribution in [2.24, 2.45) is 0 Å². The molecule has 0 aromatic carbocycles. The molecule has 0 bridgehead atoms. The molecule has 0 aliphatic heterocycles. The largest absolute Gasteiger partial charge is 0.332 e. The van der Waals surface area contributed by atoms with Gasteiger partial charge in [0.1, 0.15) is 6.33 Å². The summed E-state index contributed by atoms with van der Waals surface area (Å²) >= 11 is 0. The monoisotopic (exact) mass is 156 g/mol. The Bertz CT molecular complexity index is 348. The molecular weight excluding hydrogens is 151 g/mol. The molecule has 5 heteroatoms. The average molecular weight is 156 g/mol. The molecule has 1 rings (SSSR count). The highest BCUT2D eigenvalue weighted by Gasteiger charge is 1.92. The maximum absolute atomic E-state index is 11.5. The number of nitrogens with one attached hydrogen (secondary N) is 1. The number of aromatic amines is 1. The molecule has 1 heterocycles. The van der Waals surface area contributed by atoms with Crippen LogP contribution in [0.3, 0.4) is 0 Å². The van der Waals surface area contributed by atoms with E-state index >= 15 is 0 Å². The summed E-state index contributed by atoms with van der Waals surface area (Å²) in [5, 5.41) is 0. The van der Waals surface area contributed by atoms with Gasteiger partial charge in [-0.25, -0.2) is 13.8 Å². The Morgan fingerprint density at radius 2 is 2.27 bits per heavy atom. The molecule has 0 fully saturated rings. The smallest absolute Gasteiger partial charge is 0.314 e. The van der Waals surface area contributed by atoms with Crippen LogP contribution in [0, 0.1) is 0 Å². The van der Waals surface area contributed by atoms with Crippen molar-refractivity contribution in [1.82, 2.24) is 9.55 Å². The van der Waals surface area contributed by atoms with Gasteiger partial charge in [0.25, 0.3) is 5.56 Å². The third-order valence-corrected chi connectivity index (χ3v) is 1.09. The molecule has 0 saturated heterocycles. The van der Waals surface area contributed by atoms with Crippen molar-refractivity contribution < 1.29 is 4.39 Å². The van der Waals surface area contributed by atoms with Crippen LogP contribution < -0.4 is 11.2 Å². The molecule has 0 spiro atoms. The summed E-state index contributed by atoms with van der Waals surface area (Å²) in [7, 11) is 0. The van der Waals surface area contributed by atoms with E-state index in [9.17, 15) is 14.0 Å². The van der Waals surface area contributed by atoms with Crippen molar-refractivity contribution in [3.05, 3.63) is 39.4 Å². The van der Waals surface area contributed by atoms with E-state index in [1.165, 1.54) is 6.20 Å².